The summed E-state index contributed by atoms with van der Waals surface area (Å²) in [4.78, 5) is 14.3. The Morgan fingerprint density at radius 2 is 1.95 bits per heavy atom. The summed E-state index contributed by atoms with van der Waals surface area (Å²) in [7, 11) is 1.56. The number of anilines is 2. The number of hydrogen-bond donors (Lipinski definition) is 1. The lowest BCUT2D eigenvalue weighted by Gasteiger charge is -2.07. The maximum Gasteiger partial charge on any atom is 0.311 e. The molecule has 0 saturated carbocycles. The van der Waals surface area contributed by atoms with Gasteiger partial charge in [0, 0.05) is 11.8 Å². The molecule has 0 atom stereocenters. The van der Waals surface area contributed by atoms with E-state index in [9.17, 15) is 10.1 Å². The van der Waals surface area contributed by atoms with Gasteiger partial charge in [0.05, 0.1) is 12.0 Å². The molecular formula is C12H10ClN3O3. The van der Waals surface area contributed by atoms with Crippen molar-refractivity contribution in [2.75, 3.05) is 12.4 Å². The number of aromatic nitrogens is 1. The standard InChI is InChI=1S/C12H10ClN3O3/c1-19-9-4-2-8(3-5-9)14-12-10(16(17)18)6-7-11(13)15-12/h2-7H,1H3,(H,14,15). The minimum Gasteiger partial charge on any atom is -0.497 e. The summed E-state index contributed by atoms with van der Waals surface area (Å²) in [6.07, 6.45) is 0. The van der Waals surface area contributed by atoms with Crippen molar-refractivity contribution in [2.45, 2.75) is 0 Å². The average Bonchev–Trinajstić information content (AvgIpc) is 2.39. The number of hydrogen-bond acceptors (Lipinski definition) is 5. The number of ether oxygens (including phenoxy) is 1. The van der Waals surface area contributed by atoms with E-state index in [-0.39, 0.29) is 16.7 Å². The smallest absolute Gasteiger partial charge is 0.311 e. The molecule has 0 bridgehead atoms. The van der Waals surface area contributed by atoms with E-state index in [1.165, 1.54) is 12.1 Å². The molecule has 1 heterocycles. The second-order valence-corrected chi connectivity index (χ2v) is 4.00. The van der Waals surface area contributed by atoms with Crippen LogP contribution in [0.3, 0.4) is 0 Å². The van der Waals surface area contributed by atoms with E-state index < -0.39 is 4.92 Å². The minimum atomic E-state index is -0.519. The van der Waals surface area contributed by atoms with Crippen molar-refractivity contribution >= 4 is 28.8 Å². The molecule has 6 nitrogen and oxygen atoms in total. The number of pyridine rings is 1. The highest BCUT2D eigenvalue weighted by Crippen LogP contribution is 2.27. The van der Waals surface area contributed by atoms with E-state index in [2.05, 4.69) is 10.3 Å². The molecule has 1 N–H and O–H groups in total. The van der Waals surface area contributed by atoms with Crippen molar-refractivity contribution in [3.05, 3.63) is 51.7 Å². The van der Waals surface area contributed by atoms with Crippen LogP contribution in [0.1, 0.15) is 0 Å². The Labute approximate surface area is 114 Å². The van der Waals surface area contributed by atoms with Crippen LogP contribution in [0.2, 0.25) is 5.15 Å². The monoisotopic (exact) mass is 279 g/mol. The molecule has 0 radical (unpaired) electrons. The minimum absolute atomic E-state index is 0.0997. The van der Waals surface area contributed by atoms with E-state index >= 15 is 0 Å². The summed E-state index contributed by atoms with van der Waals surface area (Å²) in [5.41, 5.74) is 0.513. The second kappa shape index (κ2) is 5.53. The van der Waals surface area contributed by atoms with Gasteiger partial charge in [0.1, 0.15) is 10.9 Å². The van der Waals surface area contributed by atoms with Gasteiger partial charge in [0.15, 0.2) is 0 Å². The Morgan fingerprint density at radius 1 is 1.26 bits per heavy atom. The molecule has 0 unspecified atom stereocenters. The fraction of sp³-hybridized carbons (Fsp3) is 0.0833. The van der Waals surface area contributed by atoms with Gasteiger partial charge in [-0.05, 0) is 30.3 Å². The Balaban J connectivity index is 2.31. The first-order valence-electron chi connectivity index (χ1n) is 5.32. The lowest BCUT2D eigenvalue weighted by Crippen LogP contribution is -1.99. The largest absolute Gasteiger partial charge is 0.497 e. The highest BCUT2D eigenvalue weighted by molar-refractivity contribution is 6.29. The van der Waals surface area contributed by atoms with Crippen molar-refractivity contribution < 1.29 is 9.66 Å². The van der Waals surface area contributed by atoms with Crippen LogP contribution in [0, 0.1) is 10.1 Å². The van der Waals surface area contributed by atoms with Crippen molar-refractivity contribution in [1.82, 2.24) is 4.98 Å². The number of methoxy groups -OCH3 is 1. The van der Waals surface area contributed by atoms with Crippen LogP contribution in [-0.4, -0.2) is 17.0 Å². The number of nitrogens with one attached hydrogen (secondary N) is 1. The van der Waals surface area contributed by atoms with Gasteiger partial charge >= 0.3 is 5.69 Å². The predicted octanol–water partition coefficient (Wildman–Crippen LogP) is 3.40. The molecule has 19 heavy (non-hydrogen) atoms. The number of rotatable bonds is 4. The van der Waals surface area contributed by atoms with Crippen molar-refractivity contribution in [3.8, 4) is 5.75 Å². The zero-order chi connectivity index (χ0) is 13.8. The van der Waals surface area contributed by atoms with Crippen LogP contribution < -0.4 is 10.1 Å². The van der Waals surface area contributed by atoms with Gasteiger partial charge in [-0.3, -0.25) is 10.1 Å². The Morgan fingerprint density at radius 3 is 2.53 bits per heavy atom. The molecule has 7 heteroatoms. The first-order chi connectivity index (χ1) is 9.10. The molecular weight excluding hydrogens is 270 g/mol. The third kappa shape index (κ3) is 3.11. The highest BCUT2D eigenvalue weighted by Gasteiger charge is 2.15. The van der Waals surface area contributed by atoms with E-state index in [1.807, 2.05) is 0 Å². The van der Waals surface area contributed by atoms with E-state index in [0.717, 1.165) is 0 Å². The maximum absolute atomic E-state index is 10.9. The fourth-order valence-corrected chi connectivity index (χ4v) is 1.63. The number of benzene rings is 1. The summed E-state index contributed by atoms with van der Waals surface area (Å²) >= 11 is 5.74. The van der Waals surface area contributed by atoms with E-state index in [0.29, 0.717) is 11.4 Å². The summed E-state index contributed by atoms with van der Waals surface area (Å²) < 4.78 is 5.03. The van der Waals surface area contributed by atoms with Gasteiger partial charge in [-0.1, -0.05) is 11.6 Å². The maximum atomic E-state index is 10.9. The van der Waals surface area contributed by atoms with Crippen LogP contribution in [0.15, 0.2) is 36.4 Å². The molecule has 2 rings (SSSR count). The third-order valence-electron chi connectivity index (χ3n) is 2.39. The predicted molar refractivity (Wildman–Crippen MR) is 72.2 cm³/mol. The van der Waals surface area contributed by atoms with E-state index in [1.54, 1.807) is 31.4 Å². The van der Waals surface area contributed by atoms with Crippen LogP contribution in [-0.2, 0) is 0 Å². The fourth-order valence-electron chi connectivity index (χ4n) is 1.48. The lowest BCUT2D eigenvalue weighted by molar-refractivity contribution is -0.384. The normalized spacial score (nSPS) is 10.0. The highest BCUT2D eigenvalue weighted by atomic mass is 35.5. The van der Waals surface area contributed by atoms with Gasteiger partial charge < -0.3 is 10.1 Å². The number of nitro groups is 1. The quantitative estimate of drug-likeness (QED) is 0.527. The first kappa shape index (κ1) is 13.1. The van der Waals surface area contributed by atoms with Crippen LogP contribution in [0.25, 0.3) is 0 Å². The van der Waals surface area contributed by atoms with Gasteiger partial charge in [-0.15, -0.1) is 0 Å². The van der Waals surface area contributed by atoms with Gasteiger partial charge in [0.25, 0.3) is 0 Å². The van der Waals surface area contributed by atoms with Crippen molar-refractivity contribution in [2.24, 2.45) is 0 Å². The molecule has 0 aliphatic rings. The molecule has 0 saturated heterocycles. The summed E-state index contributed by atoms with van der Waals surface area (Å²) in [5, 5.41) is 13.9. The Bertz CT molecular complexity index is 602. The van der Waals surface area contributed by atoms with Gasteiger partial charge in [0.2, 0.25) is 5.82 Å². The van der Waals surface area contributed by atoms with Gasteiger partial charge in [-0.25, -0.2) is 4.98 Å². The Kier molecular flexibility index (Phi) is 3.82. The topological polar surface area (TPSA) is 77.3 Å². The average molecular weight is 280 g/mol. The van der Waals surface area contributed by atoms with Crippen LogP contribution >= 0.6 is 11.6 Å². The molecule has 98 valence electrons. The third-order valence-corrected chi connectivity index (χ3v) is 2.60. The molecule has 0 spiro atoms. The molecule has 0 amide bonds. The lowest BCUT2D eigenvalue weighted by atomic mass is 10.3. The summed E-state index contributed by atoms with van der Waals surface area (Å²) in [6, 6.07) is 9.60. The molecule has 2 aromatic rings. The zero-order valence-corrected chi connectivity index (χ0v) is 10.7. The van der Waals surface area contributed by atoms with Crippen molar-refractivity contribution in [1.29, 1.82) is 0 Å². The second-order valence-electron chi connectivity index (χ2n) is 3.61. The molecule has 1 aromatic heterocycles. The first-order valence-corrected chi connectivity index (χ1v) is 5.70. The van der Waals surface area contributed by atoms with Crippen molar-refractivity contribution in [3.63, 3.8) is 0 Å². The van der Waals surface area contributed by atoms with Crippen LogP contribution in [0.4, 0.5) is 17.2 Å². The summed E-state index contributed by atoms with van der Waals surface area (Å²) in [5.74, 6) is 0.793. The number of halogens is 1. The number of nitrogens with zero attached hydrogens (tertiary/aromatic N) is 2. The molecule has 1 aromatic carbocycles. The van der Waals surface area contributed by atoms with Gasteiger partial charge in [-0.2, -0.15) is 0 Å². The summed E-state index contributed by atoms with van der Waals surface area (Å²) in [6.45, 7) is 0. The van der Waals surface area contributed by atoms with E-state index in [4.69, 9.17) is 16.3 Å². The Hall–Kier alpha value is -2.34. The zero-order valence-electron chi connectivity index (χ0n) is 9.96. The molecule has 0 aliphatic heterocycles. The SMILES string of the molecule is COc1ccc(Nc2nc(Cl)ccc2[N+](=O)[O-])cc1. The molecule has 0 aliphatic carbocycles. The van der Waals surface area contributed by atoms with Crippen LogP contribution in [0.5, 0.6) is 5.75 Å². The molecule has 0 fully saturated rings.